The molecular weight excluding hydrogens is 289 g/mol. The molecule has 0 bridgehead atoms. The van der Waals surface area contributed by atoms with E-state index >= 15 is 0 Å². The van der Waals surface area contributed by atoms with E-state index in [0.717, 1.165) is 0 Å². The van der Waals surface area contributed by atoms with Crippen LogP contribution in [0, 0.1) is 5.82 Å². The van der Waals surface area contributed by atoms with Gasteiger partial charge in [0.25, 0.3) is 0 Å². The lowest BCUT2D eigenvalue weighted by molar-refractivity contribution is -0.122. The smallest absolute Gasteiger partial charge is 0.234 e. The van der Waals surface area contributed by atoms with Crippen molar-refractivity contribution >= 4 is 23.1 Å². The van der Waals surface area contributed by atoms with Crippen LogP contribution in [0.25, 0.3) is 0 Å². The van der Waals surface area contributed by atoms with Gasteiger partial charge in [-0.2, -0.15) is 0 Å². The summed E-state index contributed by atoms with van der Waals surface area (Å²) in [7, 11) is 0. The second kappa shape index (κ2) is 8.05. The molecule has 1 aromatic rings. The molecule has 0 saturated carbocycles. The third-order valence-electron chi connectivity index (χ3n) is 2.99. The molecule has 6 heteroatoms. The van der Waals surface area contributed by atoms with E-state index in [0.29, 0.717) is 24.2 Å². The molecule has 0 aliphatic rings. The first-order valence-corrected chi connectivity index (χ1v) is 7.34. The van der Waals surface area contributed by atoms with Crippen LogP contribution in [-0.2, 0) is 11.3 Å². The monoisotopic (exact) mass is 311 g/mol. The van der Waals surface area contributed by atoms with Crippen LogP contribution in [0.3, 0.4) is 0 Å². The number of carbonyl (C=O) groups is 1. The first-order chi connectivity index (χ1) is 9.83. The van der Waals surface area contributed by atoms with Crippen LogP contribution in [0.5, 0.6) is 0 Å². The third-order valence-corrected chi connectivity index (χ3v) is 3.21. The van der Waals surface area contributed by atoms with Crippen molar-refractivity contribution in [1.82, 2.24) is 10.2 Å². The minimum absolute atomic E-state index is 0.0554. The molecule has 0 radical (unpaired) electrons. The number of benzene rings is 1. The summed E-state index contributed by atoms with van der Waals surface area (Å²) in [6.45, 7) is 7.10. The minimum Gasteiger partial charge on any atom is -0.389 e. The topological polar surface area (TPSA) is 58.4 Å². The van der Waals surface area contributed by atoms with E-state index in [1.165, 1.54) is 12.1 Å². The average Bonchev–Trinajstić information content (AvgIpc) is 2.36. The van der Waals surface area contributed by atoms with Crippen molar-refractivity contribution in [1.29, 1.82) is 0 Å². The predicted octanol–water partition coefficient (Wildman–Crippen LogP) is 1.81. The molecule has 0 atom stereocenters. The molecule has 0 aromatic heterocycles. The Morgan fingerprint density at radius 1 is 1.48 bits per heavy atom. The number of nitrogens with zero attached hydrogens (tertiary/aromatic N) is 1. The Morgan fingerprint density at radius 2 is 2.14 bits per heavy atom. The Balaban J connectivity index is 2.84. The zero-order valence-corrected chi connectivity index (χ0v) is 13.5. The zero-order chi connectivity index (χ0) is 16.0. The second-order valence-corrected chi connectivity index (χ2v) is 5.63. The minimum atomic E-state index is -0.340. The summed E-state index contributed by atoms with van der Waals surface area (Å²) in [6.07, 6.45) is 0. The number of amides is 1. The molecule has 3 N–H and O–H groups in total. The van der Waals surface area contributed by atoms with Crippen molar-refractivity contribution < 1.29 is 9.18 Å². The van der Waals surface area contributed by atoms with Crippen LogP contribution >= 0.6 is 12.2 Å². The number of hydrogen-bond donors (Lipinski definition) is 2. The molecule has 0 fully saturated rings. The highest BCUT2D eigenvalue weighted by Gasteiger charge is 2.14. The maximum atomic E-state index is 13.4. The number of nitrogens with one attached hydrogen (secondary N) is 1. The molecular formula is C15H22FN3OS. The van der Waals surface area contributed by atoms with Gasteiger partial charge < -0.3 is 11.1 Å². The van der Waals surface area contributed by atoms with E-state index in [2.05, 4.69) is 5.32 Å². The molecule has 0 unspecified atom stereocenters. The molecule has 0 saturated heterocycles. The summed E-state index contributed by atoms with van der Waals surface area (Å²) in [5.41, 5.74) is 7.00. The van der Waals surface area contributed by atoms with Crippen molar-refractivity contribution in [2.24, 2.45) is 5.73 Å². The van der Waals surface area contributed by atoms with Gasteiger partial charge in [0.05, 0.1) is 6.54 Å². The van der Waals surface area contributed by atoms with E-state index in [1.807, 2.05) is 25.7 Å². The maximum Gasteiger partial charge on any atom is 0.234 e. The van der Waals surface area contributed by atoms with Gasteiger partial charge in [-0.3, -0.25) is 9.69 Å². The standard InChI is InChI=1S/C15H22FN3OS/c1-4-19(9-14(20)18-10(2)3)8-11-7-12(16)5-6-13(11)15(17)21/h5-7,10H,4,8-9H2,1-3H3,(H2,17,21)(H,18,20). The largest absolute Gasteiger partial charge is 0.389 e. The quantitative estimate of drug-likeness (QED) is 0.754. The molecule has 0 aliphatic heterocycles. The third kappa shape index (κ3) is 5.77. The number of halogens is 1. The van der Waals surface area contributed by atoms with Crippen LogP contribution in [0.4, 0.5) is 4.39 Å². The lowest BCUT2D eigenvalue weighted by atomic mass is 10.1. The normalized spacial score (nSPS) is 11.0. The van der Waals surface area contributed by atoms with Gasteiger partial charge in [-0.05, 0) is 44.2 Å². The van der Waals surface area contributed by atoms with Gasteiger partial charge >= 0.3 is 0 Å². The number of hydrogen-bond acceptors (Lipinski definition) is 3. The summed E-state index contributed by atoms with van der Waals surface area (Å²) >= 11 is 4.98. The molecule has 0 heterocycles. The molecule has 21 heavy (non-hydrogen) atoms. The van der Waals surface area contributed by atoms with Gasteiger partial charge in [0, 0.05) is 18.2 Å². The first kappa shape index (κ1) is 17.5. The Labute approximate surface area is 130 Å². The molecule has 4 nitrogen and oxygen atoms in total. The fraction of sp³-hybridized carbons (Fsp3) is 0.467. The van der Waals surface area contributed by atoms with Crippen molar-refractivity contribution in [3.8, 4) is 0 Å². The second-order valence-electron chi connectivity index (χ2n) is 5.19. The fourth-order valence-corrected chi connectivity index (χ4v) is 2.22. The number of carbonyl (C=O) groups excluding carboxylic acids is 1. The van der Waals surface area contributed by atoms with E-state index in [1.54, 1.807) is 6.07 Å². The van der Waals surface area contributed by atoms with Crippen LogP contribution in [0.2, 0.25) is 0 Å². The number of thiocarbonyl (C=S) groups is 1. The number of likely N-dealkylation sites (N-methyl/N-ethyl adjacent to an activating group) is 1. The van der Waals surface area contributed by atoms with Gasteiger partial charge in [0.15, 0.2) is 0 Å². The van der Waals surface area contributed by atoms with Crippen LogP contribution in [-0.4, -0.2) is 34.9 Å². The summed E-state index contributed by atoms with van der Waals surface area (Å²) in [5.74, 6) is -0.396. The maximum absolute atomic E-state index is 13.4. The van der Waals surface area contributed by atoms with Crippen LogP contribution in [0.15, 0.2) is 18.2 Å². The highest BCUT2D eigenvalue weighted by atomic mass is 32.1. The lowest BCUT2D eigenvalue weighted by Crippen LogP contribution is -2.40. The van der Waals surface area contributed by atoms with Gasteiger partial charge in [-0.1, -0.05) is 19.1 Å². The molecule has 0 aliphatic carbocycles. The Bertz CT molecular complexity index is 520. The van der Waals surface area contributed by atoms with Gasteiger partial charge in [-0.25, -0.2) is 4.39 Å². The van der Waals surface area contributed by atoms with E-state index in [4.69, 9.17) is 18.0 Å². The molecule has 1 aromatic carbocycles. The van der Waals surface area contributed by atoms with Crippen molar-refractivity contribution in [3.63, 3.8) is 0 Å². The predicted molar refractivity (Wildman–Crippen MR) is 86.5 cm³/mol. The molecule has 116 valence electrons. The summed E-state index contributed by atoms with van der Waals surface area (Å²) < 4.78 is 13.4. The summed E-state index contributed by atoms with van der Waals surface area (Å²) in [4.78, 5) is 14.0. The fourth-order valence-electron chi connectivity index (χ4n) is 2.02. The van der Waals surface area contributed by atoms with Gasteiger partial charge in [0.2, 0.25) is 5.91 Å². The highest BCUT2D eigenvalue weighted by Crippen LogP contribution is 2.14. The SMILES string of the molecule is CCN(CC(=O)NC(C)C)Cc1cc(F)ccc1C(N)=S. The first-order valence-electron chi connectivity index (χ1n) is 6.93. The molecule has 1 amide bonds. The Morgan fingerprint density at radius 3 is 2.67 bits per heavy atom. The van der Waals surface area contributed by atoms with E-state index < -0.39 is 0 Å². The lowest BCUT2D eigenvalue weighted by Gasteiger charge is -2.22. The van der Waals surface area contributed by atoms with E-state index in [-0.39, 0.29) is 29.3 Å². The highest BCUT2D eigenvalue weighted by molar-refractivity contribution is 7.80. The zero-order valence-electron chi connectivity index (χ0n) is 12.6. The summed E-state index contributed by atoms with van der Waals surface area (Å²) in [5, 5.41) is 2.84. The van der Waals surface area contributed by atoms with Crippen LogP contribution in [0.1, 0.15) is 31.9 Å². The Hall–Kier alpha value is -1.53. The summed E-state index contributed by atoms with van der Waals surface area (Å²) in [6, 6.07) is 4.42. The average molecular weight is 311 g/mol. The Kier molecular flexibility index (Phi) is 6.71. The van der Waals surface area contributed by atoms with Crippen molar-refractivity contribution in [2.75, 3.05) is 13.1 Å². The number of nitrogens with two attached hydrogens (primary N) is 1. The molecule has 0 spiro atoms. The van der Waals surface area contributed by atoms with E-state index in [9.17, 15) is 9.18 Å². The van der Waals surface area contributed by atoms with Crippen LogP contribution < -0.4 is 11.1 Å². The van der Waals surface area contributed by atoms with Gasteiger partial charge in [-0.15, -0.1) is 0 Å². The van der Waals surface area contributed by atoms with Gasteiger partial charge in [0.1, 0.15) is 10.8 Å². The van der Waals surface area contributed by atoms with Crippen molar-refractivity contribution in [3.05, 3.63) is 35.1 Å². The molecule has 1 rings (SSSR count). The number of rotatable bonds is 7. The van der Waals surface area contributed by atoms with Crippen molar-refractivity contribution in [2.45, 2.75) is 33.4 Å².